The lowest BCUT2D eigenvalue weighted by Gasteiger charge is -2.06. The molecule has 2 rings (SSSR count). The Bertz CT molecular complexity index is 404. The van der Waals surface area contributed by atoms with Crippen LogP contribution in [-0.2, 0) is 6.42 Å². The predicted octanol–water partition coefficient (Wildman–Crippen LogP) is 1.81. The maximum Gasteiger partial charge on any atom is 0.165 e. The van der Waals surface area contributed by atoms with Crippen molar-refractivity contribution in [1.82, 2.24) is 0 Å². The van der Waals surface area contributed by atoms with Gasteiger partial charge in [-0.1, -0.05) is 11.6 Å². The minimum atomic E-state index is -0.00259. The second-order valence-corrected chi connectivity index (χ2v) is 3.84. The second kappa shape index (κ2) is 4.21. The van der Waals surface area contributed by atoms with Crippen LogP contribution in [0.4, 0.5) is 0 Å². The number of halogens is 1. The Kier molecular flexibility index (Phi) is 2.93. The fourth-order valence-corrected chi connectivity index (χ4v) is 2.07. The molecule has 3 nitrogen and oxygen atoms in total. The van der Waals surface area contributed by atoms with Gasteiger partial charge >= 0.3 is 0 Å². The lowest BCUT2D eigenvalue weighted by atomic mass is 10.0. The quantitative estimate of drug-likeness (QED) is 0.799. The first-order chi connectivity index (χ1) is 7.24. The number of hydrogen-bond donors (Lipinski definition) is 1. The monoisotopic (exact) mass is 225 g/mol. The summed E-state index contributed by atoms with van der Waals surface area (Å²) in [5.74, 6) is 0.793. The van der Waals surface area contributed by atoms with E-state index in [2.05, 4.69) is 0 Å². The van der Waals surface area contributed by atoms with Gasteiger partial charge in [-0.3, -0.25) is 4.79 Å². The Morgan fingerprint density at radius 3 is 3.07 bits per heavy atom. The highest BCUT2D eigenvalue weighted by atomic mass is 35.5. The number of carbonyl (C=O) groups is 1. The number of hydrogen-bond acceptors (Lipinski definition) is 3. The van der Waals surface area contributed by atoms with Crippen LogP contribution in [0.5, 0.6) is 5.75 Å². The van der Waals surface area contributed by atoms with E-state index in [-0.39, 0.29) is 5.78 Å². The molecule has 0 fully saturated rings. The first kappa shape index (κ1) is 10.5. The van der Waals surface area contributed by atoms with E-state index in [1.165, 1.54) is 0 Å². The highest BCUT2D eigenvalue weighted by Gasteiger charge is 2.20. The summed E-state index contributed by atoms with van der Waals surface area (Å²) in [7, 11) is 0. The number of benzene rings is 1. The van der Waals surface area contributed by atoms with Crippen molar-refractivity contribution in [3.63, 3.8) is 0 Å². The molecule has 0 atom stereocenters. The Balaban J connectivity index is 2.38. The van der Waals surface area contributed by atoms with E-state index in [0.29, 0.717) is 30.2 Å². The molecule has 0 spiro atoms. The number of nitrogens with two attached hydrogens (primary N) is 1. The molecule has 1 aliphatic heterocycles. The van der Waals surface area contributed by atoms with Crippen LogP contribution in [0.15, 0.2) is 12.1 Å². The average Bonchev–Trinajstić information content (AvgIpc) is 2.67. The fourth-order valence-electron chi connectivity index (χ4n) is 1.72. The summed E-state index contributed by atoms with van der Waals surface area (Å²) in [5.41, 5.74) is 6.85. The van der Waals surface area contributed by atoms with E-state index in [4.69, 9.17) is 22.1 Å². The zero-order chi connectivity index (χ0) is 10.8. The summed E-state index contributed by atoms with van der Waals surface area (Å²) >= 11 is 6.14. The zero-order valence-corrected chi connectivity index (χ0v) is 9.01. The molecule has 2 N–H and O–H groups in total. The van der Waals surface area contributed by atoms with Crippen molar-refractivity contribution in [3.8, 4) is 5.75 Å². The van der Waals surface area contributed by atoms with E-state index in [9.17, 15) is 4.79 Å². The van der Waals surface area contributed by atoms with Crippen LogP contribution >= 0.6 is 11.6 Å². The van der Waals surface area contributed by atoms with Gasteiger partial charge in [-0.05, 0) is 18.7 Å². The van der Waals surface area contributed by atoms with Crippen LogP contribution in [0.25, 0.3) is 0 Å². The van der Waals surface area contributed by atoms with Crippen LogP contribution in [0.3, 0.4) is 0 Å². The topological polar surface area (TPSA) is 52.3 Å². The third-order valence-corrected chi connectivity index (χ3v) is 2.91. The maximum absolute atomic E-state index is 11.7. The molecule has 0 saturated carbocycles. The first-order valence-electron chi connectivity index (χ1n) is 4.91. The van der Waals surface area contributed by atoms with Crippen molar-refractivity contribution < 1.29 is 9.53 Å². The molecule has 1 heterocycles. The number of Topliss-reactive ketones (excluding diaryl/α,β-unsaturated/α-hetero) is 1. The number of fused-ring (bicyclic) bond motifs is 1. The van der Waals surface area contributed by atoms with Gasteiger partial charge in [0.25, 0.3) is 0 Å². The second-order valence-electron chi connectivity index (χ2n) is 3.46. The highest BCUT2D eigenvalue weighted by Crippen LogP contribution is 2.34. The molecule has 0 bridgehead atoms. The van der Waals surface area contributed by atoms with Crippen molar-refractivity contribution in [2.45, 2.75) is 12.8 Å². The summed E-state index contributed by atoms with van der Waals surface area (Å²) < 4.78 is 5.35. The van der Waals surface area contributed by atoms with Crippen molar-refractivity contribution in [2.75, 3.05) is 13.2 Å². The van der Waals surface area contributed by atoms with Crippen LogP contribution in [0, 0.1) is 0 Å². The molecule has 0 unspecified atom stereocenters. The van der Waals surface area contributed by atoms with Gasteiger partial charge in [0.2, 0.25) is 0 Å². The molecule has 1 aliphatic rings. The van der Waals surface area contributed by atoms with Crippen LogP contribution < -0.4 is 10.5 Å². The summed E-state index contributed by atoms with van der Waals surface area (Å²) in [6.45, 7) is 0.992. The van der Waals surface area contributed by atoms with Gasteiger partial charge in [0.15, 0.2) is 5.78 Å². The summed E-state index contributed by atoms with van der Waals surface area (Å²) in [4.78, 5) is 11.7. The first-order valence-corrected chi connectivity index (χ1v) is 5.29. The van der Waals surface area contributed by atoms with Crippen LogP contribution in [0.1, 0.15) is 22.3 Å². The van der Waals surface area contributed by atoms with Gasteiger partial charge in [-0.25, -0.2) is 0 Å². The Labute approximate surface area is 93.2 Å². The molecule has 0 aliphatic carbocycles. The molecular weight excluding hydrogens is 214 g/mol. The van der Waals surface area contributed by atoms with Crippen LogP contribution in [-0.4, -0.2) is 18.9 Å². The smallest absolute Gasteiger partial charge is 0.165 e. The number of ether oxygens (including phenoxy) is 1. The van der Waals surface area contributed by atoms with Gasteiger partial charge in [-0.2, -0.15) is 0 Å². The lowest BCUT2D eigenvalue weighted by molar-refractivity contribution is 0.0985. The largest absolute Gasteiger partial charge is 0.493 e. The van der Waals surface area contributed by atoms with E-state index >= 15 is 0 Å². The summed E-state index contributed by atoms with van der Waals surface area (Å²) in [6.07, 6.45) is 1.11. The highest BCUT2D eigenvalue weighted by molar-refractivity contribution is 6.35. The van der Waals surface area contributed by atoms with Gasteiger partial charge in [0, 0.05) is 24.0 Å². The molecule has 15 heavy (non-hydrogen) atoms. The number of rotatable bonds is 3. The van der Waals surface area contributed by atoms with Gasteiger partial charge < -0.3 is 10.5 Å². The van der Waals surface area contributed by atoms with E-state index in [1.54, 1.807) is 12.1 Å². The van der Waals surface area contributed by atoms with Gasteiger partial charge in [0.05, 0.1) is 11.6 Å². The Morgan fingerprint density at radius 2 is 2.33 bits per heavy atom. The minimum absolute atomic E-state index is 0.00259. The van der Waals surface area contributed by atoms with Crippen LogP contribution in [0.2, 0.25) is 5.02 Å². The molecular formula is C11H12ClNO2. The predicted molar refractivity (Wildman–Crippen MR) is 58.7 cm³/mol. The SMILES string of the molecule is NCCC(=O)c1ccc2c(c1Cl)CCO2. The lowest BCUT2D eigenvalue weighted by Crippen LogP contribution is -2.09. The van der Waals surface area contributed by atoms with Crippen molar-refractivity contribution in [2.24, 2.45) is 5.73 Å². The normalized spacial score (nSPS) is 13.5. The van der Waals surface area contributed by atoms with E-state index in [1.807, 2.05) is 0 Å². The third-order valence-electron chi connectivity index (χ3n) is 2.48. The molecule has 80 valence electrons. The van der Waals surface area contributed by atoms with Crippen molar-refractivity contribution in [3.05, 3.63) is 28.3 Å². The average molecular weight is 226 g/mol. The molecule has 0 radical (unpaired) electrons. The van der Waals surface area contributed by atoms with E-state index < -0.39 is 0 Å². The molecule has 1 aromatic carbocycles. The van der Waals surface area contributed by atoms with E-state index in [0.717, 1.165) is 17.7 Å². The zero-order valence-electron chi connectivity index (χ0n) is 8.25. The standard InChI is InChI=1S/C11H12ClNO2/c12-11-7(9(14)3-5-13)1-2-10-8(11)4-6-15-10/h1-2H,3-6,13H2. The van der Waals surface area contributed by atoms with Crippen molar-refractivity contribution >= 4 is 17.4 Å². The van der Waals surface area contributed by atoms with Gasteiger partial charge in [0.1, 0.15) is 5.75 Å². The number of carbonyl (C=O) groups excluding carboxylic acids is 1. The molecule has 0 aromatic heterocycles. The van der Waals surface area contributed by atoms with Gasteiger partial charge in [-0.15, -0.1) is 0 Å². The molecule has 0 saturated heterocycles. The molecule has 4 heteroatoms. The Morgan fingerprint density at radius 1 is 1.53 bits per heavy atom. The minimum Gasteiger partial charge on any atom is -0.493 e. The molecule has 1 aromatic rings. The maximum atomic E-state index is 11.7. The Hall–Kier alpha value is -1.06. The molecule has 0 amide bonds. The number of ketones is 1. The fraction of sp³-hybridized carbons (Fsp3) is 0.364. The third kappa shape index (κ3) is 1.85. The summed E-state index contributed by atoms with van der Waals surface area (Å²) in [6, 6.07) is 3.52. The van der Waals surface area contributed by atoms with Crippen molar-refractivity contribution in [1.29, 1.82) is 0 Å². The summed E-state index contributed by atoms with van der Waals surface area (Å²) in [5, 5.41) is 0.531.